The number of rotatable bonds is 6. The van der Waals surface area contributed by atoms with Gasteiger partial charge in [0.2, 0.25) is 5.91 Å². The molecule has 1 saturated heterocycles. The molecular weight excluding hydrogens is 390 g/mol. The number of piperidine rings is 1. The Kier molecular flexibility index (Phi) is 5.89. The Morgan fingerprint density at radius 2 is 2.00 bits per heavy atom. The zero-order valence-electron chi connectivity index (χ0n) is 16.5. The minimum atomic E-state index is -0.507. The van der Waals surface area contributed by atoms with Crippen molar-refractivity contribution in [1.29, 1.82) is 0 Å². The monoisotopic (exact) mass is 415 g/mol. The summed E-state index contributed by atoms with van der Waals surface area (Å²) in [6.45, 7) is 2.63. The molecule has 0 spiro atoms. The molecule has 1 atom stereocenters. The molecule has 1 aromatic carbocycles. The van der Waals surface area contributed by atoms with Gasteiger partial charge in [-0.3, -0.25) is 14.2 Å². The highest BCUT2D eigenvalue weighted by molar-refractivity contribution is 7.99. The van der Waals surface area contributed by atoms with Crippen molar-refractivity contribution in [3.63, 3.8) is 0 Å². The number of benzene rings is 1. The Balaban J connectivity index is 1.54. The third-order valence-electron chi connectivity index (χ3n) is 5.39. The number of carbonyl (C=O) groups is 2. The summed E-state index contributed by atoms with van der Waals surface area (Å²) in [5.74, 6) is -0.297. The number of carbonyl (C=O) groups excluding carboxylic acids is 2. The summed E-state index contributed by atoms with van der Waals surface area (Å²) in [5.41, 5.74) is 0.599. The normalized spacial score (nSPS) is 19.3. The second-order valence-corrected chi connectivity index (χ2v) is 8.40. The number of ether oxygens (including phenoxy) is 1. The van der Waals surface area contributed by atoms with Crippen molar-refractivity contribution < 1.29 is 14.3 Å². The summed E-state index contributed by atoms with van der Waals surface area (Å²) >= 11 is 1.28. The minimum Gasteiger partial charge on any atom is -0.464 e. The second kappa shape index (κ2) is 8.57. The van der Waals surface area contributed by atoms with Gasteiger partial charge >= 0.3 is 5.97 Å². The van der Waals surface area contributed by atoms with E-state index in [9.17, 15) is 14.4 Å². The number of thioether (sulfide) groups is 1. The van der Waals surface area contributed by atoms with Crippen LogP contribution in [0.1, 0.15) is 45.1 Å². The number of para-hydroxylation sites is 1. The SMILES string of the molecule is CCOC(=O)C1CCCCN1C(=O)CSc1nc2ccccc2c(=O)n1C1CC1. The fourth-order valence-electron chi connectivity index (χ4n) is 3.80. The predicted octanol–water partition coefficient (Wildman–Crippen LogP) is 2.77. The number of hydrogen-bond donors (Lipinski definition) is 0. The second-order valence-electron chi connectivity index (χ2n) is 7.46. The Labute approximate surface area is 173 Å². The standard InChI is InChI=1S/C21H25N3O4S/c1-2-28-20(27)17-9-5-6-12-23(17)18(25)13-29-21-22-16-8-4-3-7-15(16)19(26)24(21)14-10-11-14/h3-4,7-8,14,17H,2,5-6,9-13H2,1H3. The van der Waals surface area contributed by atoms with E-state index in [4.69, 9.17) is 4.74 Å². The van der Waals surface area contributed by atoms with Crippen LogP contribution in [0.5, 0.6) is 0 Å². The summed E-state index contributed by atoms with van der Waals surface area (Å²) < 4.78 is 6.89. The van der Waals surface area contributed by atoms with Crippen LogP contribution < -0.4 is 5.56 Å². The van der Waals surface area contributed by atoms with Gasteiger partial charge in [0.25, 0.3) is 5.56 Å². The van der Waals surface area contributed by atoms with Crippen molar-refractivity contribution in [1.82, 2.24) is 14.5 Å². The van der Waals surface area contributed by atoms with Gasteiger partial charge < -0.3 is 9.64 Å². The zero-order chi connectivity index (χ0) is 20.4. The third kappa shape index (κ3) is 4.17. The van der Waals surface area contributed by atoms with Crippen LogP contribution in [0.15, 0.2) is 34.2 Å². The molecule has 1 aliphatic heterocycles. The maximum Gasteiger partial charge on any atom is 0.328 e. The lowest BCUT2D eigenvalue weighted by Crippen LogP contribution is -2.49. The molecule has 2 aliphatic rings. The van der Waals surface area contributed by atoms with E-state index in [1.807, 2.05) is 18.2 Å². The lowest BCUT2D eigenvalue weighted by Gasteiger charge is -2.34. The van der Waals surface area contributed by atoms with Gasteiger partial charge in [0, 0.05) is 12.6 Å². The van der Waals surface area contributed by atoms with Crippen molar-refractivity contribution in [2.24, 2.45) is 0 Å². The summed E-state index contributed by atoms with van der Waals surface area (Å²) in [6, 6.07) is 6.96. The topological polar surface area (TPSA) is 81.5 Å². The molecule has 1 aromatic heterocycles. The lowest BCUT2D eigenvalue weighted by atomic mass is 10.0. The van der Waals surface area contributed by atoms with Gasteiger partial charge in [-0.15, -0.1) is 0 Å². The molecule has 1 amide bonds. The predicted molar refractivity (Wildman–Crippen MR) is 111 cm³/mol. The van der Waals surface area contributed by atoms with Crippen molar-refractivity contribution >= 4 is 34.5 Å². The number of nitrogens with zero attached hydrogens (tertiary/aromatic N) is 3. The van der Waals surface area contributed by atoms with Gasteiger partial charge in [-0.05, 0) is 51.2 Å². The number of likely N-dealkylation sites (tertiary alicyclic amines) is 1. The number of fused-ring (bicyclic) bond motifs is 1. The van der Waals surface area contributed by atoms with Crippen LogP contribution in [-0.2, 0) is 14.3 Å². The van der Waals surface area contributed by atoms with E-state index < -0.39 is 6.04 Å². The molecule has 0 bridgehead atoms. The Hall–Kier alpha value is -2.35. The van der Waals surface area contributed by atoms with Gasteiger partial charge in [-0.25, -0.2) is 9.78 Å². The molecule has 154 valence electrons. The number of hydrogen-bond acceptors (Lipinski definition) is 6. The maximum atomic E-state index is 12.9. The smallest absolute Gasteiger partial charge is 0.328 e. The molecule has 2 aromatic rings. The average molecular weight is 416 g/mol. The van der Waals surface area contributed by atoms with Crippen LogP contribution in [0.25, 0.3) is 10.9 Å². The summed E-state index contributed by atoms with van der Waals surface area (Å²) in [7, 11) is 0. The molecule has 1 saturated carbocycles. The van der Waals surface area contributed by atoms with Crippen LogP contribution in [0, 0.1) is 0 Å². The molecule has 0 radical (unpaired) electrons. The van der Waals surface area contributed by atoms with Crippen LogP contribution in [-0.4, -0.2) is 51.3 Å². The van der Waals surface area contributed by atoms with Crippen molar-refractivity contribution in [2.75, 3.05) is 18.9 Å². The van der Waals surface area contributed by atoms with Crippen molar-refractivity contribution in [3.05, 3.63) is 34.6 Å². The van der Waals surface area contributed by atoms with Crippen molar-refractivity contribution in [3.8, 4) is 0 Å². The number of esters is 1. The molecule has 0 N–H and O–H groups in total. The van der Waals surface area contributed by atoms with E-state index in [1.165, 1.54) is 11.8 Å². The molecule has 8 heteroatoms. The van der Waals surface area contributed by atoms with Gasteiger partial charge in [0.1, 0.15) is 6.04 Å². The molecular formula is C21H25N3O4S. The van der Waals surface area contributed by atoms with Gasteiger partial charge in [-0.1, -0.05) is 23.9 Å². The molecule has 7 nitrogen and oxygen atoms in total. The largest absolute Gasteiger partial charge is 0.464 e. The molecule has 2 fully saturated rings. The fraction of sp³-hybridized carbons (Fsp3) is 0.524. The molecule has 29 heavy (non-hydrogen) atoms. The summed E-state index contributed by atoms with van der Waals surface area (Å²) in [6.07, 6.45) is 4.34. The summed E-state index contributed by atoms with van der Waals surface area (Å²) in [4.78, 5) is 44.4. The highest BCUT2D eigenvalue weighted by atomic mass is 32.2. The van der Waals surface area contributed by atoms with Crippen LogP contribution in [0.2, 0.25) is 0 Å². The highest BCUT2D eigenvalue weighted by Gasteiger charge is 2.34. The first-order chi connectivity index (χ1) is 14.1. The summed E-state index contributed by atoms with van der Waals surface area (Å²) in [5, 5.41) is 1.18. The molecule has 4 rings (SSSR count). The van der Waals surface area contributed by atoms with E-state index >= 15 is 0 Å². The first-order valence-corrected chi connectivity index (χ1v) is 11.2. The van der Waals surface area contributed by atoms with Crippen LogP contribution in [0.3, 0.4) is 0 Å². The first-order valence-electron chi connectivity index (χ1n) is 10.2. The lowest BCUT2D eigenvalue weighted by molar-refractivity contribution is -0.155. The Morgan fingerprint density at radius 3 is 2.76 bits per heavy atom. The highest BCUT2D eigenvalue weighted by Crippen LogP contribution is 2.37. The maximum absolute atomic E-state index is 12.9. The van der Waals surface area contributed by atoms with Crippen LogP contribution in [0.4, 0.5) is 0 Å². The Morgan fingerprint density at radius 1 is 1.21 bits per heavy atom. The molecule has 1 aliphatic carbocycles. The first kappa shape index (κ1) is 19.9. The Bertz CT molecular complexity index is 986. The number of aromatic nitrogens is 2. The van der Waals surface area contributed by atoms with E-state index in [1.54, 1.807) is 22.5 Å². The van der Waals surface area contributed by atoms with Gasteiger partial charge in [0.05, 0.1) is 23.3 Å². The average Bonchev–Trinajstić information content (AvgIpc) is 3.57. The zero-order valence-corrected chi connectivity index (χ0v) is 17.3. The van der Waals surface area contributed by atoms with Crippen molar-refractivity contribution in [2.45, 2.75) is 56.3 Å². The van der Waals surface area contributed by atoms with E-state index in [0.717, 1.165) is 25.7 Å². The van der Waals surface area contributed by atoms with E-state index in [-0.39, 0.29) is 29.2 Å². The third-order valence-corrected chi connectivity index (χ3v) is 6.33. The molecule has 2 heterocycles. The van der Waals surface area contributed by atoms with Gasteiger partial charge in [0.15, 0.2) is 5.16 Å². The minimum absolute atomic E-state index is 0.0459. The quantitative estimate of drug-likeness (QED) is 0.410. The van der Waals surface area contributed by atoms with Gasteiger partial charge in [-0.2, -0.15) is 0 Å². The fourth-order valence-corrected chi connectivity index (χ4v) is 4.76. The van der Waals surface area contributed by atoms with Crippen LogP contribution >= 0.6 is 11.8 Å². The number of amides is 1. The van der Waals surface area contributed by atoms with E-state index in [2.05, 4.69) is 4.98 Å². The molecule has 1 unspecified atom stereocenters. The van der Waals surface area contributed by atoms with E-state index in [0.29, 0.717) is 35.6 Å².